The van der Waals surface area contributed by atoms with Crippen molar-refractivity contribution in [1.29, 1.82) is 0 Å². The lowest BCUT2D eigenvalue weighted by Crippen LogP contribution is -2.31. The van der Waals surface area contributed by atoms with Gasteiger partial charge in [0.15, 0.2) is 0 Å². The standard InChI is InChI=1S/C12H20N2O2S/c1-3-4-11-17(15,16)14(2)10-7-12-5-8-13-9-6-12/h5-6,8-9H,3-4,7,10-11H2,1-2H3. The van der Waals surface area contributed by atoms with E-state index in [4.69, 9.17) is 0 Å². The maximum Gasteiger partial charge on any atom is 0.213 e. The number of unbranched alkanes of at least 4 members (excludes halogenated alkanes) is 1. The fraction of sp³-hybridized carbons (Fsp3) is 0.583. The van der Waals surface area contributed by atoms with E-state index in [2.05, 4.69) is 4.98 Å². The predicted octanol–water partition coefficient (Wildman–Crippen LogP) is 1.69. The van der Waals surface area contributed by atoms with Gasteiger partial charge in [-0.05, 0) is 30.5 Å². The monoisotopic (exact) mass is 256 g/mol. The maximum atomic E-state index is 11.8. The van der Waals surface area contributed by atoms with Crippen LogP contribution < -0.4 is 0 Å². The topological polar surface area (TPSA) is 50.3 Å². The highest BCUT2D eigenvalue weighted by Gasteiger charge is 2.16. The quantitative estimate of drug-likeness (QED) is 0.746. The van der Waals surface area contributed by atoms with E-state index in [1.165, 1.54) is 4.31 Å². The summed E-state index contributed by atoms with van der Waals surface area (Å²) in [7, 11) is -1.43. The molecule has 0 spiro atoms. The fourth-order valence-corrected chi connectivity index (χ4v) is 2.79. The molecule has 0 N–H and O–H groups in total. The fourth-order valence-electron chi connectivity index (χ4n) is 1.46. The molecule has 0 unspecified atom stereocenters. The Labute approximate surface area is 104 Å². The van der Waals surface area contributed by atoms with Gasteiger partial charge in [0.2, 0.25) is 10.0 Å². The van der Waals surface area contributed by atoms with Crippen LogP contribution in [-0.2, 0) is 16.4 Å². The first-order chi connectivity index (χ1) is 8.06. The molecular formula is C12H20N2O2S. The molecule has 0 aliphatic carbocycles. The van der Waals surface area contributed by atoms with E-state index < -0.39 is 10.0 Å². The lowest BCUT2D eigenvalue weighted by Gasteiger charge is -2.16. The third-order valence-corrected chi connectivity index (χ3v) is 4.63. The van der Waals surface area contributed by atoms with Crippen LogP contribution in [0.25, 0.3) is 0 Å². The van der Waals surface area contributed by atoms with Crippen LogP contribution in [0.3, 0.4) is 0 Å². The van der Waals surface area contributed by atoms with Gasteiger partial charge in [-0.3, -0.25) is 4.98 Å². The Hall–Kier alpha value is -0.940. The zero-order valence-electron chi connectivity index (χ0n) is 10.5. The first-order valence-corrected chi connectivity index (χ1v) is 7.50. The van der Waals surface area contributed by atoms with Crippen molar-refractivity contribution in [3.8, 4) is 0 Å². The Morgan fingerprint density at radius 1 is 1.29 bits per heavy atom. The first-order valence-electron chi connectivity index (χ1n) is 5.89. The number of pyridine rings is 1. The summed E-state index contributed by atoms with van der Waals surface area (Å²) in [6.45, 7) is 2.52. The van der Waals surface area contributed by atoms with Gasteiger partial charge < -0.3 is 0 Å². The zero-order chi connectivity index (χ0) is 12.7. The molecule has 1 aromatic rings. The van der Waals surface area contributed by atoms with Crippen LogP contribution in [-0.4, -0.2) is 37.1 Å². The van der Waals surface area contributed by atoms with Gasteiger partial charge in [0.05, 0.1) is 5.75 Å². The molecule has 0 aromatic carbocycles. The molecule has 17 heavy (non-hydrogen) atoms. The molecule has 4 nitrogen and oxygen atoms in total. The second-order valence-electron chi connectivity index (χ2n) is 4.10. The zero-order valence-corrected chi connectivity index (χ0v) is 11.3. The Balaban J connectivity index is 2.47. The second-order valence-corrected chi connectivity index (χ2v) is 6.29. The Kier molecular flexibility index (Phi) is 5.58. The van der Waals surface area contributed by atoms with Crippen LogP contribution >= 0.6 is 0 Å². The van der Waals surface area contributed by atoms with Gasteiger partial charge in [-0.15, -0.1) is 0 Å². The molecule has 0 bridgehead atoms. The molecule has 0 saturated carbocycles. The van der Waals surface area contributed by atoms with Crippen molar-refractivity contribution >= 4 is 10.0 Å². The SMILES string of the molecule is CCCCS(=O)(=O)N(C)CCc1ccncc1. The number of hydrogen-bond acceptors (Lipinski definition) is 3. The summed E-state index contributed by atoms with van der Waals surface area (Å²) in [6, 6.07) is 3.82. The number of likely N-dealkylation sites (N-methyl/N-ethyl adjacent to an activating group) is 1. The summed E-state index contributed by atoms with van der Waals surface area (Å²) in [4.78, 5) is 3.93. The Morgan fingerprint density at radius 2 is 1.94 bits per heavy atom. The van der Waals surface area contributed by atoms with Gasteiger partial charge in [-0.1, -0.05) is 13.3 Å². The van der Waals surface area contributed by atoms with Crippen LogP contribution in [0.4, 0.5) is 0 Å². The van der Waals surface area contributed by atoms with Gasteiger partial charge in [0.1, 0.15) is 0 Å². The number of hydrogen-bond donors (Lipinski definition) is 0. The highest BCUT2D eigenvalue weighted by atomic mass is 32.2. The molecular weight excluding hydrogens is 236 g/mol. The predicted molar refractivity (Wildman–Crippen MR) is 69.3 cm³/mol. The van der Waals surface area contributed by atoms with E-state index in [1.807, 2.05) is 19.1 Å². The van der Waals surface area contributed by atoms with Gasteiger partial charge in [-0.25, -0.2) is 12.7 Å². The number of nitrogens with zero attached hydrogens (tertiary/aromatic N) is 2. The molecule has 1 heterocycles. The summed E-state index contributed by atoms with van der Waals surface area (Å²) in [6.07, 6.45) is 5.80. The van der Waals surface area contributed by atoms with Gasteiger partial charge in [0, 0.05) is 26.0 Å². The van der Waals surface area contributed by atoms with E-state index in [0.29, 0.717) is 6.54 Å². The molecule has 0 aliphatic heterocycles. The van der Waals surface area contributed by atoms with Gasteiger partial charge >= 0.3 is 0 Å². The normalized spacial score (nSPS) is 11.9. The molecule has 0 aliphatic rings. The minimum atomic E-state index is -3.07. The third-order valence-electron chi connectivity index (χ3n) is 2.70. The van der Waals surface area contributed by atoms with Crippen molar-refractivity contribution in [2.45, 2.75) is 26.2 Å². The van der Waals surface area contributed by atoms with Crippen LogP contribution in [0.15, 0.2) is 24.5 Å². The van der Waals surface area contributed by atoms with Gasteiger partial charge in [0.25, 0.3) is 0 Å². The summed E-state index contributed by atoms with van der Waals surface area (Å²) < 4.78 is 25.1. The molecule has 0 radical (unpaired) electrons. The minimum Gasteiger partial charge on any atom is -0.265 e. The van der Waals surface area contributed by atoms with Crippen molar-refractivity contribution in [1.82, 2.24) is 9.29 Å². The number of sulfonamides is 1. The van der Waals surface area contributed by atoms with E-state index in [9.17, 15) is 8.42 Å². The average molecular weight is 256 g/mol. The largest absolute Gasteiger partial charge is 0.265 e. The Bertz CT molecular complexity index is 417. The molecule has 5 heteroatoms. The van der Waals surface area contributed by atoms with E-state index in [0.717, 1.165) is 24.8 Å². The molecule has 0 amide bonds. The summed E-state index contributed by atoms with van der Waals surface area (Å²) in [5, 5.41) is 0. The number of aromatic nitrogens is 1. The molecule has 96 valence electrons. The minimum absolute atomic E-state index is 0.246. The molecule has 1 aromatic heterocycles. The van der Waals surface area contributed by atoms with Crippen molar-refractivity contribution in [3.05, 3.63) is 30.1 Å². The van der Waals surface area contributed by atoms with Crippen LogP contribution in [0.5, 0.6) is 0 Å². The highest BCUT2D eigenvalue weighted by Crippen LogP contribution is 2.05. The van der Waals surface area contributed by atoms with E-state index in [1.54, 1.807) is 19.4 Å². The van der Waals surface area contributed by atoms with E-state index >= 15 is 0 Å². The average Bonchev–Trinajstić information content (AvgIpc) is 2.34. The van der Waals surface area contributed by atoms with Crippen molar-refractivity contribution in [2.24, 2.45) is 0 Å². The lowest BCUT2D eigenvalue weighted by molar-refractivity contribution is 0.470. The van der Waals surface area contributed by atoms with E-state index in [-0.39, 0.29) is 5.75 Å². The highest BCUT2D eigenvalue weighted by molar-refractivity contribution is 7.89. The summed E-state index contributed by atoms with van der Waals surface area (Å²) in [5.74, 6) is 0.246. The first kappa shape index (κ1) is 14.1. The smallest absolute Gasteiger partial charge is 0.213 e. The van der Waals surface area contributed by atoms with Crippen molar-refractivity contribution in [2.75, 3.05) is 19.3 Å². The lowest BCUT2D eigenvalue weighted by atomic mass is 10.2. The molecule has 0 atom stereocenters. The van der Waals surface area contributed by atoms with Crippen LogP contribution in [0.1, 0.15) is 25.3 Å². The van der Waals surface area contributed by atoms with Crippen LogP contribution in [0, 0.1) is 0 Å². The Morgan fingerprint density at radius 3 is 2.53 bits per heavy atom. The summed E-state index contributed by atoms with van der Waals surface area (Å²) in [5.41, 5.74) is 1.11. The molecule has 0 fully saturated rings. The molecule has 1 rings (SSSR count). The van der Waals surface area contributed by atoms with Crippen LogP contribution in [0.2, 0.25) is 0 Å². The number of rotatable bonds is 7. The maximum absolute atomic E-state index is 11.8. The van der Waals surface area contributed by atoms with Crippen molar-refractivity contribution in [3.63, 3.8) is 0 Å². The molecule has 0 saturated heterocycles. The third kappa shape index (κ3) is 4.83. The van der Waals surface area contributed by atoms with Crippen molar-refractivity contribution < 1.29 is 8.42 Å². The van der Waals surface area contributed by atoms with Gasteiger partial charge in [-0.2, -0.15) is 0 Å². The second kappa shape index (κ2) is 6.71. The summed E-state index contributed by atoms with van der Waals surface area (Å²) >= 11 is 0.